The van der Waals surface area contributed by atoms with Gasteiger partial charge >= 0.3 is 0 Å². The van der Waals surface area contributed by atoms with Gasteiger partial charge in [-0.25, -0.2) is 8.42 Å². The molecule has 0 aliphatic carbocycles. The zero-order valence-electron chi connectivity index (χ0n) is 17.4. The van der Waals surface area contributed by atoms with Gasteiger partial charge in [-0.15, -0.1) is 11.8 Å². The molecule has 0 spiro atoms. The van der Waals surface area contributed by atoms with Crippen LogP contribution in [0.1, 0.15) is 39.0 Å². The van der Waals surface area contributed by atoms with Gasteiger partial charge in [-0.3, -0.25) is 9.59 Å². The number of carbonyl (C=O) groups excluding carboxylic acids is 2. The number of hydrogen-bond donors (Lipinski definition) is 0. The molecule has 30 heavy (non-hydrogen) atoms. The van der Waals surface area contributed by atoms with Crippen molar-refractivity contribution in [3.05, 3.63) is 18.2 Å². The molecule has 0 aromatic heterocycles. The van der Waals surface area contributed by atoms with Crippen LogP contribution < -0.4 is 4.90 Å². The molecule has 3 aliphatic heterocycles. The molecule has 2 saturated heterocycles. The van der Waals surface area contributed by atoms with E-state index >= 15 is 0 Å². The number of nitrogens with zero attached hydrogens (tertiary/aromatic N) is 3. The fraction of sp³-hybridized carbons (Fsp3) is 0.619. The van der Waals surface area contributed by atoms with Gasteiger partial charge in [0.25, 0.3) is 0 Å². The highest BCUT2D eigenvalue weighted by molar-refractivity contribution is 8.00. The molecule has 9 heteroatoms. The van der Waals surface area contributed by atoms with Crippen molar-refractivity contribution in [1.82, 2.24) is 9.21 Å². The van der Waals surface area contributed by atoms with Gasteiger partial charge in [-0.2, -0.15) is 4.31 Å². The molecule has 0 saturated carbocycles. The zero-order chi connectivity index (χ0) is 21.3. The van der Waals surface area contributed by atoms with E-state index in [2.05, 4.69) is 6.92 Å². The summed E-state index contributed by atoms with van der Waals surface area (Å²) in [5.74, 6) is 0.569. The number of benzene rings is 1. The van der Waals surface area contributed by atoms with Gasteiger partial charge in [-0.05, 0) is 56.2 Å². The van der Waals surface area contributed by atoms with Crippen LogP contribution in [0.4, 0.5) is 5.69 Å². The van der Waals surface area contributed by atoms with E-state index in [1.54, 1.807) is 18.2 Å². The highest BCUT2D eigenvalue weighted by atomic mass is 32.2. The van der Waals surface area contributed by atoms with Crippen LogP contribution in [0.25, 0.3) is 0 Å². The van der Waals surface area contributed by atoms with Gasteiger partial charge in [0.2, 0.25) is 21.8 Å². The lowest BCUT2D eigenvalue weighted by molar-refractivity contribution is -0.132. The Labute approximate surface area is 182 Å². The summed E-state index contributed by atoms with van der Waals surface area (Å²) >= 11 is 1.39. The number of likely N-dealkylation sites (tertiary alicyclic amines) is 1. The Morgan fingerprint density at radius 3 is 2.50 bits per heavy atom. The van der Waals surface area contributed by atoms with Crippen LogP contribution in [0.15, 0.2) is 28.0 Å². The molecule has 1 aromatic carbocycles. The van der Waals surface area contributed by atoms with E-state index in [-0.39, 0.29) is 29.0 Å². The topological polar surface area (TPSA) is 78.0 Å². The smallest absolute Gasteiger partial charge is 0.243 e. The fourth-order valence-corrected chi connectivity index (χ4v) is 6.67. The maximum Gasteiger partial charge on any atom is 0.243 e. The summed E-state index contributed by atoms with van der Waals surface area (Å²) in [6, 6.07) is 4.97. The molecule has 3 heterocycles. The quantitative estimate of drug-likeness (QED) is 0.703. The lowest BCUT2D eigenvalue weighted by Crippen LogP contribution is -2.46. The molecule has 0 unspecified atom stereocenters. The van der Waals surface area contributed by atoms with Crippen molar-refractivity contribution in [3.63, 3.8) is 0 Å². The van der Waals surface area contributed by atoms with Gasteiger partial charge < -0.3 is 9.80 Å². The average Bonchev–Trinajstić information content (AvgIpc) is 2.76. The Bertz CT molecular complexity index is 920. The van der Waals surface area contributed by atoms with Crippen molar-refractivity contribution >= 4 is 39.3 Å². The summed E-state index contributed by atoms with van der Waals surface area (Å²) in [5, 5.41) is 0. The molecule has 164 valence electrons. The summed E-state index contributed by atoms with van der Waals surface area (Å²) in [7, 11) is -3.62. The molecule has 7 nitrogen and oxygen atoms in total. The Balaban J connectivity index is 1.59. The van der Waals surface area contributed by atoms with Crippen molar-refractivity contribution < 1.29 is 18.0 Å². The Morgan fingerprint density at radius 2 is 1.80 bits per heavy atom. The Kier molecular flexibility index (Phi) is 6.41. The van der Waals surface area contributed by atoms with Crippen LogP contribution in [-0.2, 0) is 19.6 Å². The first-order valence-electron chi connectivity index (χ1n) is 10.7. The average molecular weight is 452 g/mol. The summed E-state index contributed by atoms with van der Waals surface area (Å²) in [6.07, 6.45) is 4.82. The largest absolute Gasteiger partial charge is 0.341 e. The van der Waals surface area contributed by atoms with E-state index in [4.69, 9.17) is 0 Å². The van der Waals surface area contributed by atoms with Gasteiger partial charge in [0.1, 0.15) is 6.54 Å². The lowest BCUT2D eigenvalue weighted by atomic mass is 10.0. The second-order valence-electron chi connectivity index (χ2n) is 8.43. The van der Waals surface area contributed by atoms with Crippen LogP contribution in [0.2, 0.25) is 0 Å². The number of hydrogen-bond acceptors (Lipinski definition) is 5. The van der Waals surface area contributed by atoms with Crippen molar-refractivity contribution in [2.75, 3.05) is 43.4 Å². The minimum atomic E-state index is -3.62. The second-order valence-corrected chi connectivity index (χ2v) is 11.4. The van der Waals surface area contributed by atoms with Gasteiger partial charge in [-0.1, -0.05) is 6.92 Å². The minimum absolute atomic E-state index is 0.0306. The SMILES string of the molecule is CC1CCN(S(=O)(=O)c2ccc3c(c2)N(CC(=O)N2CCCCC2)C(=O)CS3)CC1. The van der Waals surface area contributed by atoms with Gasteiger partial charge in [0, 0.05) is 31.1 Å². The summed E-state index contributed by atoms with van der Waals surface area (Å²) < 4.78 is 27.9. The van der Waals surface area contributed by atoms with E-state index in [0.717, 1.165) is 50.1 Å². The number of thioether (sulfide) groups is 1. The molecular formula is C21H29N3O4S2. The van der Waals surface area contributed by atoms with Crippen LogP contribution in [0, 0.1) is 5.92 Å². The lowest BCUT2D eigenvalue weighted by Gasteiger charge is -2.33. The monoisotopic (exact) mass is 451 g/mol. The minimum Gasteiger partial charge on any atom is -0.341 e. The maximum atomic E-state index is 13.2. The summed E-state index contributed by atoms with van der Waals surface area (Å²) in [6.45, 7) is 4.60. The number of piperidine rings is 2. The fourth-order valence-electron chi connectivity index (χ4n) is 4.27. The highest BCUT2D eigenvalue weighted by Crippen LogP contribution is 2.38. The summed E-state index contributed by atoms with van der Waals surface area (Å²) in [4.78, 5) is 29.8. The maximum absolute atomic E-state index is 13.2. The predicted octanol–water partition coefficient (Wildman–Crippen LogP) is 2.56. The third kappa shape index (κ3) is 4.38. The van der Waals surface area contributed by atoms with E-state index in [1.807, 2.05) is 4.90 Å². The van der Waals surface area contributed by atoms with Crippen LogP contribution >= 0.6 is 11.8 Å². The number of amides is 2. The van der Waals surface area contributed by atoms with Crippen molar-refractivity contribution in [3.8, 4) is 0 Å². The first-order chi connectivity index (χ1) is 14.4. The number of fused-ring (bicyclic) bond motifs is 1. The van der Waals surface area contributed by atoms with E-state index in [9.17, 15) is 18.0 Å². The molecule has 4 rings (SSSR count). The number of rotatable bonds is 4. The molecule has 3 aliphatic rings. The van der Waals surface area contributed by atoms with E-state index in [0.29, 0.717) is 24.7 Å². The zero-order valence-corrected chi connectivity index (χ0v) is 19.0. The number of anilines is 1. The predicted molar refractivity (Wildman–Crippen MR) is 117 cm³/mol. The van der Waals surface area contributed by atoms with E-state index in [1.165, 1.54) is 21.0 Å². The molecule has 0 atom stereocenters. The van der Waals surface area contributed by atoms with Crippen LogP contribution in [0.5, 0.6) is 0 Å². The molecule has 0 radical (unpaired) electrons. The Hall–Kier alpha value is -1.58. The normalized spacial score (nSPS) is 21.6. The molecule has 1 aromatic rings. The molecule has 2 amide bonds. The van der Waals surface area contributed by atoms with Gasteiger partial charge in [0.15, 0.2) is 0 Å². The third-order valence-corrected chi connectivity index (χ3v) is 9.20. The second kappa shape index (κ2) is 8.88. The molecular weight excluding hydrogens is 422 g/mol. The third-order valence-electron chi connectivity index (χ3n) is 6.26. The van der Waals surface area contributed by atoms with Crippen LogP contribution in [-0.4, -0.2) is 67.9 Å². The summed E-state index contributed by atoms with van der Waals surface area (Å²) in [5.41, 5.74) is 0.535. The molecule has 2 fully saturated rings. The molecule has 0 bridgehead atoms. The number of sulfonamides is 1. The number of carbonyl (C=O) groups is 2. The standard InChI is InChI=1S/C21H29N3O4S2/c1-16-7-11-23(12-8-16)30(27,28)17-5-6-19-18(13-17)24(21(26)15-29-19)14-20(25)22-9-3-2-4-10-22/h5-6,13,16H,2-4,7-12,14-15H2,1H3. The van der Waals surface area contributed by atoms with E-state index < -0.39 is 10.0 Å². The van der Waals surface area contributed by atoms with Crippen molar-refractivity contribution in [2.45, 2.75) is 48.8 Å². The Morgan fingerprint density at radius 1 is 1.10 bits per heavy atom. The molecule has 0 N–H and O–H groups in total. The first-order valence-corrected chi connectivity index (χ1v) is 13.1. The van der Waals surface area contributed by atoms with Crippen LogP contribution in [0.3, 0.4) is 0 Å². The first kappa shape index (κ1) is 21.6. The highest BCUT2D eigenvalue weighted by Gasteiger charge is 2.32. The van der Waals surface area contributed by atoms with Crippen molar-refractivity contribution in [1.29, 1.82) is 0 Å². The van der Waals surface area contributed by atoms with Crippen molar-refractivity contribution in [2.24, 2.45) is 5.92 Å². The van der Waals surface area contributed by atoms with Gasteiger partial charge in [0.05, 0.1) is 16.3 Å².